The number of nitrogens with one attached hydrogen (secondary N) is 2. The first-order chi connectivity index (χ1) is 13.3. The van der Waals surface area contributed by atoms with E-state index in [9.17, 15) is 22.8 Å². The van der Waals surface area contributed by atoms with Gasteiger partial charge >= 0.3 is 12.0 Å². The van der Waals surface area contributed by atoms with Crippen LogP contribution >= 0.6 is 0 Å². The predicted molar refractivity (Wildman–Crippen MR) is 95.2 cm³/mol. The van der Waals surface area contributed by atoms with Crippen LogP contribution in [0.1, 0.15) is 5.76 Å². The smallest absolute Gasteiger partial charge is 0.340 e. The second kappa shape index (κ2) is 8.08. The van der Waals surface area contributed by atoms with Crippen molar-refractivity contribution in [1.82, 2.24) is 15.5 Å². The van der Waals surface area contributed by atoms with E-state index in [2.05, 4.69) is 9.71 Å². The molecule has 0 unspecified atom stereocenters. The number of fused-ring (bicyclic) bond motifs is 1. The molecule has 0 bridgehead atoms. The Kier molecular flexibility index (Phi) is 5.59. The van der Waals surface area contributed by atoms with Gasteiger partial charge in [0.1, 0.15) is 11.6 Å². The molecule has 12 heteroatoms. The molecule has 0 aromatic carbocycles. The van der Waals surface area contributed by atoms with E-state index >= 15 is 0 Å². The molecule has 28 heavy (non-hydrogen) atoms. The average molecular weight is 408 g/mol. The summed E-state index contributed by atoms with van der Waals surface area (Å²) in [6, 6.07) is 2.55. The van der Waals surface area contributed by atoms with Gasteiger partial charge in [0.05, 0.1) is 24.1 Å². The van der Waals surface area contributed by atoms with Crippen molar-refractivity contribution in [2.75, 3.05) is 18.9 Å². The van der Waals surface area contributed by atoms with E-state index in [0.29, 0.717) is 5.76 Å². The molecule has 0 aliphatic carbocycles. The number of ether oxygens (including phenoxy) is 1. The minimum Gasteiger partial charge on any atom is -0.467 e. The maximum atomic E-state index is 12.1. The van der Waals surface area contributed by atoms with Crippen LogP contribution in [0.2, 0.25) is 0 Å². The van der Waals surface area contributed by atoms with E-state index < -0.39 is 34.5 Å². The van der Waals surface area contributed by atoms with Crippen molar-refractivity contribution >= 4 is 33.8 Å². The van der Waals surface area contributed by atoms with Gasteiger partial charge in [-0.15, -0.1) is 4.40 Å². The number of hydrogen-bond donors (Lipinski definition) is 2. The molecular formula is C16H16N4O7S. The van der Waals surface area contributed by atoms with E-state index in [1.54, 1.807) is 12.1 Å². The van der Waals surface area contributed by atoms with Crippen LogP contribution in [0.5, 0.6) is 0 Å². The number of carbonyl (C=O) groups is 3. The third kappa shape index (κ3) is 5.07. The molecule has 11 nitrogen and oxygen atoms in total. The van der Waals surface area contributed by atoms with E-state index in [4.69, 9.17) is 9.15 Å². The summed E-state index contributed by atoms with van der Waals surface area (Å²) in [7, 11) is -3.49. The van der Waals surface area contributed by atoms with Crippen LogP contribution in [0.25, 0.3) is 0 Å². The molecule has 2 aliphatic heterocycles. The van der Waals surface area contributed by atoms with Crippen molar-refractivity contribution in [2.24, 2.45) is 4.40 Å². The fourth-order valence-corrected chi connectivity index (χ4v) is 3.29. The molecule has 1 aromatic rings. The third-order valence-corrected chi connectivity index (χ3v) is 4.81. The summed E-state index contributed by atoms with van der Waals surface area (Å²) in [6.45, 7) is -0.412. The van der Waals surface area contributed by atoms with Gasteiger partial charge in [-0.05, 0) is 24.3 Å². The molecule has 3 rings (SSSR count). The summed E-state index contributed by atoms with van der Waals surface area (Å²) < 4.78 is 36.4. The van der Waals surface area contributed by atoms with Gasteiger partial charge in [0.25, 0.3) is 15.9 Å². The van der Waals surface area contributed by atoms with Gasteiger partial charge in [0, 0.05) is 12.7 Å². The first kappa shape index (κ1) is 19.4. The highest BCUT2D eigenvalue weighted by molar-refractivity contribution is 7.90. The number of amidine groups is 1. The minimum absolute atomic E-state index is 0.0963. The van der Waals surface area contributed by atoms with Gasteiger partial charge < -0.3 is 19.4 Å². The van der Waals surface area contributed by atoms with Gasteiger partial charge in [0.2, 0.25) is 0 Å². The standard InChI is InChI=1S/C16H16N4O7S/c21-14(18-16(23)17-8-12-2-1-6-26-12)10-27-15(22)11-3-4-13-19-28(24,25)7-5-20(13)9-11/h1-4,6,9H,5,7-8,10H2,(H2,17,18,21,23). The zero-order valence-corrected chi connectivity index (χ0v) is 15.3. The maximum Gasteiger partial charge on any atom is 0.340 e. The topological polar surface area (TPSA) is 147 Å². The predicted octanol–water partition coefficient (Wildman–Crippen LogP) is -0.354. The molecule has 3 amide bonds. The maximum absolute atomic E-state index is 12.1. The van der Waals surface area contributed by atoms with Crippen LogP contribution in [0, 0.1) is 0 Å². The zero-order valence-electron chi connectivity index (χ0n) is 14.5. The highest BCUT2D eigenvalue weighted by Crippen LogP contribution is 2.16. The monoisotopic (exact) mass is 408 g/mol. The van der Waals surface area contributed by atoms with Crippen molar-refractivity contribution in [3.63, 3.8) is 0 Å². The Labute approximate surface area is 159 Å². The Hall–Kier alpha value is -3.41. The van der Waals surface area contributed by atoms with E-state index in [1.807, 2.05) is 5.32 Å². The van der Waals surface area contributed by atoms with Crippen LogP contribution < -0.4 is 10.6 Å². The van der Waals surface area contributed by atoms with Crippen LogP contribution in [-0.4, -0.2) is 56.0 Å². The summed E-state index contributed by atoms with van der Waals surface area (Å²) in [6.07, 6.45) is 5.55. The number of furan rings is 1. The van der Waals surface area contributed by atoms with Crippen molar-refractivity contribution in [1.29, 1.82) is 0 Å². The summed E-state index contributed by atoms with van der Waals surface area (Å²) in [5.74, 6) is -1.06. The quantitative estimate of drug-likeness (QED) is 0.628. The van der Waals surface area contributed by atoms with Crippen LogP contribution in [0.15, 0.2) is 51.1 Å². The van der Waals surface area contributed by atoms with Gasteiger partial charge in [-0.1, -0.05) is 0 Å². The molecule has 3 heterocycles. The Morgan fingerprint density at radius 1 is 1.29 bits per heavy atom. The van der Waals surface area contributed by atoms with Crippen molar-refractivity contribution in [3.8, 4) is 0 Å². The molecule has 0 fully saturated rings. The fraction of sp³-hybridized carbons (Fsp3) is 0.250. The second-order valence-corrected chi connectivity index (χ2v) is 7.49. The lowest BCUT2D eigenvalue weighted by atomic mass is 10.2. The Morgan fingerprint density at radius 3 is 2.86 bits per heavy atom. The highest BCUT2D eigenvalue weighted by Gasteiger charge is 2.25. The lowest BCUT2D eigenvalue weighted by Gasteiger charge is -2.26. The number of esters is 1. The lowest BCUT2D eigenvalue weighted by Crippen LogP contribution is -2.41. The van der Waals surface area contributed by atoms with Crippen LogP contribution in [0.4, 0.5) is 4.79 Å². The molecule has 0 atom stereocenters. The van der Waals surface area contributed by atoms with Crippen molar-refractivity contribution in [2.45, 2.75) is 6.54 Å². The lowest BCUT2D eigenvalue weighted by molar-refractivity contribution is -0.144. The van der Waals surface area contributed by atoms with Gasteiger partial charge in [-0.25, -0.2) is 18.0 Å². The van der Waals surface area contributed by atoms with Gasteiger partial charge in [0.15, 0.2) is 6.61 Å². The number of hydrogen-bond acceptors (Lipinski definition) is 8. The SMILES string of the molecule is O=C(COC(=O)C1=CN2CCS(=O)(=O)N=C2C=C1)NC(=O)NCc1ccco1. The Balaban J connectivity index is 1.45. The summed E-state index contributed by atoms with van der Waals surface area (Å²) >= 11 is 0. The average Bonchev–Trinajstić information content (AvgIpc) is 3.17. The number of amides is 3. The molecule has 148 valence electrons. The number of carbonyl (C=O) groups excluding carboxylic acids is 3. The van der Waals surface area contributed by atoms with Gasteiger partial charge in [-0.3, -0.25) is 10.1 Å². The number of urea groups is 1. The molecule has 0 radical (unpaired) electrons. The Bertz CT molecular complexity index is 977. The largest absolute Gasteiger partial charge is 0.467 e. The molecule has 0 saturated carbocycles. The third-order valence-electron chi connectivity index (χ3n) is 3.65. The Morgan fingerprint density at radius 2 is 2.11 bits per heavy atom. The summed E-state index contributed by atoms with van der Waals surface area (Å²) in [5.41, 5.74) is 0.119. The van der Waals surface area contributed by atoms with Gasteiger partial charge in [-0.2, -0.15) is 0 Å². The summed E-state index contributed by atoms with van der Waals surface area (Å²) in [4.78, 5) is 36.8. The first-order valence-electron chi connectivity index (χ1n) is 8.09. The van der Waals surface area contributed by atoms with E-state index in [1.165, 1.54) is 29.5 Å². The highest BCUT2D eigenvalue weighted by atomic mass is 32.2. The molecule has 0 spiro atoms. The van der Waals surface area contributed by atoms with Crippen molar-refractivity contribution < 1.29 is 32.0 Å². The molecular weight excluding hydrogens is 392 g/mol. The fourth-order valence-electron chi connectivity index (χ4n) is 2.32. The van der Waals surface area contributed by atoms with E-state index in [0.717, 1.165) is 0 Å². The van der Waals surface area contributed by atoms with E-state index in [-0.39, 0.29) is 30.3 Å². The molecule has 2 N–H and O–H groups in total. The number of sulfonamides is 1. The van der Waals surface area contributed by atoms with Crippen molar-refractivity contribution in [3.05, 3.63) is 48.1 Å². The second-order valence-electron chi connectivity index (χ2n) is 5.73. The van der Waals surface area contributed by atoms with Crippen LogP contribution in [0.3, 0.4) is 0 Å². The molecule has 1 aromatic heterocycles. The molecule has 0 saturated heterocycles. The summed E-state index contributed by atoms with van der Waals surface area (Å²) in [5, 5.41) is 4.42. The number of rotatable bonds is 5. The number of nitrogens with zero attached hydrogens (tertiary/aromatic N) is 2. The van der Waals surface area contributed by atoms with Crippen LogP contribution in [-0.2, 0) is 30.9 Å². The minimum atomic E-state index is -3.49. The number of imide groups is 1. The first-order valence-corrected chi connectivity index (χ1v) is 9.70. The normalized spacial score (nSPS) is 17.1. The molecule has 2 aliphatic rings. The zero-order chi connectivity index (χ0) is 20.1.